The van der Waals surface area contributed by atoms with Crippen molar-refractivity contribution in [2.75, 3.05) is 32.2 Å². The van der Waals surface area contributed by atoms with Gasteiger partial charge in [-0.2, -0.15) is 10.2 Å². The highest BCUT2D eigenvalue weighted by Gasteiger charge is 2.19. The van der Waals surface area contributed by atoms with Crippen LogP contribution in [0.5, 0.6) is 5.88 Å². The fraction of sp³-hybridized carbons (Fsp3) is 0.182. The lowest BCUT2D eigenvalue weighted by Crippen LogP contribution is -2.28. The lowest BCUT2D eigenvalue weighted by atomic mass is 9.97. The highest BCUT2D eigenvalue weighted by Crippen LogP contribution is 2.23. The Morgan fingerprint density at radius 1 is 1.07 bits per heavy atom. The van der Waals surface area contributed by atoms with Gasteiger partial charge in [-0.15, -0.1) is 0 Å². The average molecular weight is 564 g/mol. The number of hydrogen-bond donors (Lipinski definition) is 2. The van der Waals surface area contributed by atoms with Gasteiger partial charge in [0.1, 0.15) is 24.1 Å². The van der Waals surface area contributed by atoms with Crippen LogP contribution in [-0.2, 0) is 16.1 Å². The number of allylic oxidation sites excluding steroid dienone is 3. The maximum Gasteiger partial charge on any atom is 0.259 e. The number of benzene rings is 2. The van der Waals surface area contributed by atoms with Crippen LogP contribution < -0.4 is 15.0 Å². The number of nitriles is 1. The minimum atomic E-state index is -0.450. The second-order valence-electron chi connectivity index (χ2n) is 8.96. The van der Waals surface area contributed by atoms with Crippen molar-refractivity contribution in [1.82, 2.24) is 10.3 Å². The van der Waals surface area contributed by atoms with Crippen LogP contribution in [0, 0.1) is 16.7 Å². The minimum absolute atomic E-state index is 0.0891. The molecule has 2 N–H and O–H groups in total. The molecule has 2 aromatic carbocycles. The van der Waals surface area contributed by atoms with Gasteiger partial charge in [0.05, 0.1) is 18.9 Å². The molecule has 9 heteroatoms. The van der Waals surface area contributed by atoms with Crippen LogP contribution in [0.15, 0.2) is 97.1 Å². The van der Waals surface area contributed by atoms with Gasteiger partial charge >= 0.3 is 0 Å². The molecule has 0 radical (unpaired) electrons. The van der Waals surface area contributed by atoms with Crippen LogP contribution in [0.25, 0.3) is 5.57 Å². The first-order chi connectivity index (χ1) is 20.3. The van der Waals surface area contributed by atoms with E-state index >= 15 is 0 Å². The van der Waals surface area contributed by atoms with Gasteiger partial charge in [0.25, 0.3) is 11.8 Å². The number of hydrogen-bond acceptors (Lipinski definition) is 7. The van der Waals surface area contributed by atoms with Crippen molar-refractivity contribution in [3.63, 3.8) is 0 Å². The fourth-order valence-electron chi connectivity index (χ4n) is 3.94. The van der Waals surface area contributed by atoms with Crippen molar-refractivity contribution in [1.29, 1.82) is 10.7 Å². The average Bonchev–Trinajstić information content (AvgIpc) is 3.03. The number of likely N-dealkylation sites (N-methyl/N-ethyl adjacent to an activating group) is 1. The van der Waals surface area contributed by atoms with E-state index in [1.165, 1.54) is 23.1 Å². The van der Waals surface area contributed by atoms with E-state index < -0.39 is 5.91 Å². The molecule has 0 aliphatic rings. The van der Waals surface area contributed by atoms with Gasteiger partial charge in [-0.05, 0) is 48.4 Å². The molecule has 0 saturated heterocycles. The van der Waals surface area contributed by atoms with Crippen LogP contribution in [-0.4, -0.2) is 49.8 Å². The monoisotopic (exact) mass is 563 g/mol. The smallest absolute Gasteiger partial charge is 0.259 e. The summed E-state index contributed by atoms with van der Waals surface area (Å²) >= 11 is 0. The Labute approximate surface area is 245 Å². The SMILES string of the molecule is C=C/C(=C\C(=N)/C(=C\C)c1ccc(C(=O)NC)cc1)C(=O)N(C)c1ccc(C#N)c(OCCOCc2ccccc2)n1. The van der Waals surface area contributed by atoms with E-state index in [0.29, 0.717) is 17.7 Å². The van der Waals surface area contributed by atoms with E-state index in [4.69, 9.17) is 14.9 Å². The first-order valence-electron chi connectivity index (χ1n) is 13.2. The first kappa shape index (κ1) is 31.2. The quantitative estimate of drug-likeness (QED) is 0.129. The van der Waals surface area contributed by atoms with Crippen LogP contribution in [0.4, 0.5) is 5.82 Å². The molecule has 0 aliphatic heterocycles. The third-order valence-electron chi connectivity index (χ3n) is 6.22. The molecule has 1 aromatic heterocycles. The number of ether oxygens (including phenoxy) is 2. The normalized spacial score (nSPS) is 11.3. The summed E-state index contributed by atoms with van der Waals surface area (Å²) in [4.78, 5) is 30.9. The molecule has 0 aliphatic carbocycles. The van der Waals surface area contributed by atoms with Crippen LogP contribution in [0.2, 0.25) is 0 Å². The number of aromatic nitrogens is 1. The zero-order valence-corrected chi connectivity index (χ0v) is 23.9. The van der Waals surface area contributed by atoms with Crippen molar-refractivity contribution in [2.45, 2.75) is 13.5 Å². The van der Waals surface area contributed by atoms with Gasteiger partial charge < -0.3 is 20.2 Å². The molecule has 9 nitrogen and oxygen atoms in total. The molecule has 0 fully saturated rings. The molecule has 1 heterocycles. The summed E-state index contributed by atoms with van der Waals surface area (Å²) in [7, 11) is 3.10. The van der Waals surface area contributed by atoms with E-state index in [-0.39, 0.29) is 47.7 Å². The van der Waals surface area contributed by atoms with E-state index in [0.717, 1.165) is 11.1 Å². The maximum absolute atomic E-state index is 13.4. The minimum Gasteiger partial charge on any atom is -0.474 e. The number of carbonyl (C=O) groups is 2. The third-order valence-corrected chi connectivity index (χ3v) is 6.22. The molecule has 0 saturated carbocycles. The molecule has 214 valence electrons. The van der Waals surface area contributed by atoms with Crippen LogP contribution >= 0.6 is 0 Å². The van der Waals surface area contributed by atoms with Crippen molar-refractivity contribution >= 4 is 28.9 Å². The summed E-state index contributed by atoms with van der Waals surface area (Å²) in [5.41, 5.74) is 3.33. The number of nitrogens with one attached hydrogen (secondary N) is 2. The molecule has 0 bridgehead atoms. The van der Waals surface area contributed by atoms with Gasteiger partial charge in [0, 0.05) is 30.8 Å². The van der Waals surface area contributed by atoms with E-state index in [1.54, 1.807) is 57.4 Å². The van der Waals surface area contributed by atoms with Crippen molar-refractivity contribution < 1.29 is 19.1 Å². The number of carbonyl (C=O) groups excluding carboxylic acids is 2. The highest BCUT2D eigenvalue weighted by atomic mass is 16.5. The Balaban J connectivity index is 1.71. The molecule has 3 aromatic rings. The Morgan fingerprint density at radius 2 is 1.76 bits per heavy atom. The van der Waals surface area contributed by atoms with E-state index in [2.05, 4.69) is 16.9 Å². The molecule has 0 spiro atoms. The van der Waals surface area contributed by atoms with Crippen molar-refractivity contribution in [3.8, 4) is 11.9 Å². The summed E-state index contributed by atoms with van der Waals surface area (Å²) in [6.07, 6.45) is 4.57. The third kappa shape index (κ3) is 8.10. The van der Waals surface area contributed by atoms with E-state index in [1.807, 2.05) is 36.4 Å². The predicted molar refractivity (Wildman–Crippen MR) is 163 cm³/mol. The summed E-state index contributed by atoms with van der Waals surface area (Å²) in [6, 6.07) is 21.7. The van der Waals surface area contributed by atoms with Crippen molar-refractivity contribution in [3.05, 3.63) is 119 Å². The Morgan fingerprint density at radius 3 is 2.38 bits per heavy atom. The summed E-state index contributed by atoms with van der Waals surface area (Å²) in [6.45, 7) is 6.43. The Kier molecular flexibility index (Phi) is 11.5. The number of anilines is 1. The largest absolute Gasteiger partial charge is 0.474 e. The zero-order valence-electron chi connectivity index (χ0n) is 23.9. The summed E-state index contributed by atoms with van der Waals surface area (Å²) in [5.74, 6) is -0.308. The molecule has 0 unspecified atom stereocenters. The van der Waals surface area contributed by atoms with Gasteiger partial charge in [-0.1, -0.05) is 61.2 Å². The number of nitrogens with zero attached hydrogens (tertiary/aromatic N) is 3. The van der Waals surface area contributed by atoms with Gasteiger partial charge in [0.2, 0.25) is 5.88 Å². The van der Waals surface area contributed by atoms with Gasteiger partial charge in [0.15, 0.2) is 0 Å². The zero-order chi connectivity index (χ0) is 30.5. The topological polar surface area (TPSA) is 128 Å². The summed E-state index contributed by atoms with van der Waals surface area (Å²) in [5, 5.41) is 20.7. The fourth-order valence-corrected chi connectivity index (χ4v) is 3.94. The van der Waals surface area contributed by atoms with Gasteiger partial charge in [-0.3, -0.25) is 14.5 Å². The Hall–Kier alpha value is -5.33. The van der Waals surface area contributed by atoms with Crippen molar-refractivity contribution in [2.24, 2.45) is 0 Å². The highest BCUT2D eigenvalue weighted by molar-refractivity contribution is 6.29. The number of amides is 2. The molecular weight excluding hydrogens is 530 g/mol. The lowest BCUT2D eigenvalue weighted by molar-refractivity contribution is -0.114. The molecule has 3 rings (SSSR count). The first-order valence-corrected chi connectivity index (χ1v) is 13.2. The lowest BCUT2D eigenvalue weighted by Gasteiger charge is -2.18. The number of pyridine rings is 1. The standard InChI is InChI=1S/C33H33N5O4/c1-5-24(20-29(35)28(6-2)25-12-14-26(15-13-25)31(39)36-3)33(40)38(4)30-17-16-27(21-34)32(37-30)42-19-18-41-22-23-10-8-7-9-11-23/h5-17,20,35H,1,18-19,22H2,2-4H3,(H,36,39)/b24-20+,28-6-,35-29?. The van der Waals surface area contributed by atoms with Crippen LogP contribution in [0.3, 0.4) is 0 Å². The molecule has 0 atom stereocenters. The van der Waals surface area contributed by atoms with Gasteiger partial charge in [-0.25, -0.2) is 0 Å². The maximum atomic E-state index is 13.4. The second kappa shape index (κ2) is 15.5. The molecular formula is C33H33N5O4. The van der Waals surface area contributed by atoms with E-state index in [9.17, 15) is 14.9 Å². The summed E-state index contributed by atoms with van der Waals surface area (Å²) < 4.78 is 11.3. The Bertz CT molecular complexity index is 1540. The molecule has 42 heavy (non-hydrogen) atoms. The second-order valence-corrected chi connectivity index (χ2v) is 8.96. The van der Waals surface area contributed by atoms with Crippen LogP contribution in [0.1, 0.15) is 34.0 Å². The number of rotatable bonds is 13. The predicted octanol–water partition coefficient (Wildman–Crippen LogP) is 5.11. The molecule has 2 amide bonds.